The molecular weight excluding hydrogens is 362 g/mol. The number of nitrogens with zero attached hydrogens (tertiary/aromatic N) is 4. The van der Waals surface area contributed by atoms with Gasteiger partial charge in [-0.3, -0.25) is 4.90 Å². The number of thioether (sulfide) groups is 1. The van der Waals surface area contributed by atoms with Crippen LogP contribution in [0.15, 0.2) is 51.3 Å². The number of nitrogens with two attached hydrogens (primary N) is 1. The highest BCUT2D eigenvalue weighted by molar-refractivity contribution is 8.17. The van der Waals surface area contributed by atoms with Crippen LogP contribution in [0.25, 0.3) is 0 Å². The average molecular weight is 383 g/mol. The van der Waals surface area contributed by atoms with Gasteiger partial charge in [-0.15, -0.1) is 0 Å². The van der Waals surface area contributed by atoms with Gasteiger partial charge in [-0.1, -0.05) is 12.1 Å². The van der Waals surface area contributed by atoms with Gasteiger partial charge in [0, 0.05) is 19.8 Å². The summed E-state index contributed by atoms with van der Waals surface area (Å²) in [6.07, 6.45) is 0. The van der Waals surface area contributed by atoms with Crippen LogP contribution >= 0.6 is 11.8 Å². The number of hydrogen-bond acceptors (Lipinski definition) is 8. The SMILES string of the molecule is CCOC(=O)C1=C(C)N=C2SC(C#N)=C(N)N2[C@@H]1c1ccc(N(C)C)cc1. The van der Waals surface area contributed by atoms with Crippen molar-refractivity contribution >= 4 is 28.6 Å². The zero-order chi connectivity index (χ0) is 19.7. The highest BCUT2D eigenvalue weighted by Crippen LogP contribution is 2.45. The summed E-state index contributed by atoms with van der Waals surface area (Å²) in [5.41, 5.74) is 9.15. The molecule has 140 valence electrons. The van der Waals surface area contributed by atoms with Crippen molar-refractivity contribution in [1.29, 1.82) is 5.26 Å². The van der Waals surface area contributed by atoms with Gasteiger partial charge in [-0.2, -0.15) is 5.26 Å². The molecule has 7 nitrogen and oxygen atoms in total. The molecule has 2 N–H and O–H groups in total. The molecule has 0 amide bonds. The Balaban J connectivity index is 2.14. The zero-order valence-corrected chi connectivity index (χ0v) is 16.5. The molecule has 1 aromatic carbocycles. The van der Waals surface area contributed by atoms with Crippen molar-refractivity contribution in [3.05, 3.63) is 51.8 Å². The lowest BCUT2D eigenvalue weighted by Gasteiger charge is -2.35. The molecule has 0 bridgehead atoms. The number of carbonyl (C=O) groups is 1. The lowest BCUT2D eigenvalue weighted by molar-refractivity contribution is -0.139. The molecule has 3 rings (SSSR count). The summed E-state index contributed by atoms with van der Waals surface area (Å²) in [4.78, 5) is 21.3. The largest absolute Gasteiger partial charge is 0.463 e. The predicted molar refractivity (Wildman–Crippen MR) is 107 cm³/mol. The van der Waals surface area contributed by atoms with Gasteiger partial charge in [0.25, 0.3) is 0 Å². The van der Waals surface area contributed by atoms with Crippen molar-refractivity contribution in [3.63, 3.8) is 0 Å². The molecule has 2 heterocycles. The maximum Gasteiger partial charge on any atom is 0.338 e. The summed E-state index contributed by atoms with van der Waals surface area (Å²) < 4.78 is 5.27. The molecule has 0 aromatic heterocycles. The van der Waals surface area contributed by atoms with Gasteiger partial charge in [-0.25, -0.2) is 9.79 Å². The number of esters is 1. The molecule has 0 radical (unpaired) electrons. The van der Waals surface area contributed by atoms with Crippen molar-refractivity contribution in [2.24, 2.45) is 10.7 Å². The lowest BCUT2D eigenvalue weighted by Crippen LogP contribution is -2.38. The third-order valence-corrected chi connectivity index (χ3v) is 5.37. The molecule has 0 aliphatic carbocycles. The van der Waals surface area contributed by atoms with Crippen molar-refractivity contribution in [3.8, 4) is 6.07 Å². The third-order valence-electron chi connectivity index (χ3n) is 4.40. The van der Waals surface area contributed by atoms with Crippen molar-refractivity contribution in [2.75, 3.05) is 25.6 Å². The molecule has 1 atom stereocenters. The lowest BCUT2D eigenvalue weighted by atomic mass is 9.94. The fourth-order valence-electron chi connectivity index (χ4n) is 3.08. The van der Waals surface area contributed by atoms with E-state index in [1.54, 1.807) is 18.7 Å². The molecule has 8 heteroatoms. The van der Waals surface area contributed by atoms with Crippen LogP contribution in [0.2, 0.25) is 0 Å². The number of carbonyl (C=O) groups excluding carboxylic acids is 1. The molecule has 0 spiro atoms. The Labute approximate surface area is 162 Å². The van der Waals surface area contributed by atoms with Crippen LogP contribution in [0.3, 0.4) is 0 Å². The Kier molecular flexibility index (Phi) is 5.15. The molecule has 0 saturated carbocycles. The minimum atomic E-state index is -0.494. The summed E-state index contributed by atoms with van der Waals surface area (Å²) in [7, 11) is 3.93. The quantitative estimate of drug-likeness (QED) is 0.799. The highest BCUT2D eigenvalue weighted by atomic mass is 32.2. The summed E-state index contributed by atoms with van der Waals surface area (Å²) in [6.45, 7) is 3.81. The number of aliphatic imine (C=N–C) groups is 1. The number of amidine groups is 1. The number of ether oxygens (including phenoxy) is 1. The minimum Gasteiger partial charge on any atom is -0.463 e. The molecule has 2 aliphatic rings. The van der Waals surface area contributed by atoms with Gasteiger partial charge in [-0.05, 0) is 43.3 Å². The zero-order valence-electron chi connectivity index (χ0n) is 15.7. The summed E-state index contributed by atoms with van der Waals surface area (Å²) >= 11 is 1.21. The van der Waals surface area contributed by atoms with Crippen LogP contribution in [0.5, 0.6) is 0 Å². The Hall–Kier alpha value is -2.92. The predicted octanol–water partition coefficient (Wildman–Crippen LogP) is 2.70. The van der Waals surface area contributed by atoms with Crippen LogP contribution in [0.4, 0.5) is 5.69 Å². The van der Waals surface area contributed by atoms with Crippen molar-refractivity contribution in [2.45, 2.75) is 19.9 Å². The topological polar surface area (TPSA) is 94.9 Å². The fraction of sp³-hybridized carbons (Fsp3) is 0.316. The first-order chi connectivity index (χ1) is 12.9. The number of hydrogen-bond donors (Lipinski definition) is 1. The Morgan fingerprint density at radius 1 is 1.41 bits per heavy atom. The van der Waals surface area contributed by atoms with E-state index >= 15 is 0 Å². The standard InChI is InChI=1S/C19H21N5O2S/c1-5-26-18(25)15-11(2)22-19-24(17(21)14(10-20)27-19)16(15)12-6-8-13(9-7-12)23(3)4/h6-9,16H,5,21H2,1-4H3/t16-/m1/s1. The fourth-order valence-corrected chi connectivity index (χ4v) is 4.00. The summed E-state index contributed by atoms with van der Waals surface area (Å²) in [5, 5.41) is 9.96. The Bertz CT molecular complexity index is 909. The summed E-state index contributed by atoms with van der Waals surface area (Å²) in [5.74, 6) is -0.125. The van der Waals surface area contributed by atoms with Crippen LogP contribution in [-0.4, -0.2) is 36.7 Å². The monoisotopic (exact) mass is 383 g/mol. The first kappa shape index (κ1) is 18.9. The first-order valence-electron chi connectivity index (χ1n) is 8.49. The molecule has 1 aromatic rings. The molecule has 0 saturated heterocycles. The van der Waals surface area contributed by atoms with E-state index in [0.717, 1.165) is 11.3 Å². The number of anilines is 1. The number of benzene rings is 1. The number of allylic oxidation sites excluding steroid dienone is 2. The second-order valence-electron chi connectivity index (χ2n) is 6.30. The van der Waals surface area contributed by atoms with Crippen LogP contribution in [0.1, 0.15) is 25.5 Å². The molecule has 2 aliphatic heterocycles. The maximum absolute atomic E-state index is 12.7. The van der Waals surface area contributed by atoms with Crippen molar-refractivity contribution < 1.29 is 9.53 Å². The minimum absolute atomic E-state index is 0.266. The Morgan fingerprint density at radius 2 is 2.07 bits per heavy atom. The van der Waals surface area contributed by atoms with E-state index in [1.165, 1.54) is 11.8 Å². The molecule has 0 unspecified atom stereocenters. The van der Waals surface area contributed by atoms with Gasteiger partial charge < -0.3 is 15.4 Å². The highest BCUT2D eigenvalue weighted by Gasteiger charge is 2.42. The van der Waals surface area contributed by atoms with Crippen LogP contribution in [-0.2, 0) is 9.53 Å². The average Bonchev–Trinajstić information content (AvgIpc) is 2.96. The van der Waals surface area contributed by atoms with E-state index in [0.29, 0.717) is 27.2 Å². The van der Waals surface area contributed by atoms with E-state index in [9.17, 15) is 10.1 Å². The molecule has 0 fully saturated rings. The number of fused-ring (bicyclic) bond motifs is 1. The smallest absolute Gasteiger partial charge is 0.338 e. The first-order valence-corrected chi connectivity index (χ1v) is 9.31. The van der Waals surface area contributed by atoms with E-state index < -0.39 is 12.0 Å². The third kappa shape index (κ3) is 3.26. The second-order valence-corrected chi connectivity index (χ2v) is 7.28. The second kappa shape index (κ2) is 7.37. The number of nitriles is 1. The van der Waals surface area contributed by atoms with E-state index in [-0.39, 0.29) is 6.61 Å². The van der Waals surface area contributed by atoms with Crippen molar-refractivity contribution in [1.82, 2.24) is 4.90 Å². The Morgan fingerprint density at radius 3 is 2.63 bits per heavy atom. The van der Waals surface area contributed by atoms with E-state index in [2.05, 4.69) is 11.1 Å². The van der Waals surface area contributed by atoms with Gasteiger partial charge in [0.05, 0.1) is 23.9 Å². The number of rotatable bonds is 4. The molecule has 27 heavy (non-hydrogen) atoms. The van der Waals surface area contributed by atoms with Gasteiger partial charge in [0.1, 0.15) is 16.8 Å². The van der Waals surface area contributed by atoms with Crippen LogP contribution < -0.4 is 10.6 Å². The van der Waals surface area contributed by atoms with E-state index in [4.69, 9.17) is 10.5 Å². The normalized spacial score (nSPS) is 18.9. The van der Waals surface area contributed by atoms with E-state index in [1.807, 2.05) is 43.3 Å². The molecular formula is C19H21N5O2S. The maximum atomic E-state index is 12.7. The van der Waals surface area contributed by atoms with Crippen LogP contribution in [0, 0.1) is 11.3 Å². The van der Waals surface area contributed by atoms with Gasteiger partial charge in [0.15, 0.2) is 5.17 Å². The van der Waals surface area contributed by atoms with Gasteiger partial charge >= 0.3 is 5.97 Å². The van der Waals surface area contributed by atoms with Gasteiger partial charge in [0.2, 0.25) is 0 Å². The summed E-state index contributed by atoms with van der Waals surface area (Å²) in [6, 6.07) is 9.48.